The Morgan fingerprint density at radius 2 is 1.85 bits per heavy atom. The molecule has 0 radical (unpaired) electrons. The van der Waals surface area contributed by atoms with Crippen LogP contribution >= 0.6 is 23.2 Å². The van der Waals surface area contributed by atoms with Gasteiger partial charge in [-0.2, -0.15) is 0 Å². The second-order valence-corrected chi connectivity index (χ2v) is 6.99. The van der Waals surface area contributed by atoms with Crippen molar-refractivity contribution in [3.63, 3.8) is 0 Å². The highest BCUT2D eigenvalue weighted by Gasteiger charge is 2.51. The van der Waals surface area contributed by atoms with Crippen molar-refractivity contribution in [3.8, 4) is 5.75 Å². The Morgan fingerprint density at radius 1 is 1.15 bits per heavy atom. The quantitative estimate of drug-likeness (QED) is 0.792. The number of carbonyl (C=O) groups excluding carboxylic acids is 2. The molecule has 0 saturated carbocycles. The summed E-state index contributed by atoms with van der Waals surface area (Å²) in [6, 6.07) is 10.1. The molecule has 2 aliphatic rings. The first-order valence-electron chi connectivity index (χ1n) is 8.06. The molecule has 27 heavy (non-hydrogen) atoms. The molecule has 0 spiro atoms. The second-order valence-electron chi connectivity index (χ2n) is 6.15. The third kappa shape index (κ3) is 2.77. The topological polar surface area (TPSA) is 67.9 Å². The molecule has 0 unspecified atom stereocenters. The SMILES string of the molecule is COc1cc(Cl)c(C)cc1N1C(=O)C2=C(c3ccc(Cl)cc3)NO[C@@H]2C1=O. The Balaban J connectivity index is 1.82. The largest absolute Gasteiger partial charge is 0.494 e. The number of rotatable bonds is 3. The average molecular weight is 405 g/mol. The average Bonchev–Trinajstić information content (AvgIpc) is 3.19. The zero-order valence-corrected chi connectivity index (χ0v) is 15.9. The summed E-state index contributed by atoms with van der Waals surface area (Å²) in [5, 5.41) is 1.05. The Hall–Kier alpha value is -2.54. The molecule has 1 atom stereocenters. The molecule has 0 aromatic heterocycles. The molecule has 1 N–H and O–H groups in total. The summed E-state index contributed by atoms with van der Waals surface area (Å²) in [4.78, 5) is 32.5. The van der Waals surface area contributed by atoms with Gasteiger partial charge in [0.05, 0.1) is 24.1 Å². The first-order chi connectivity index (χ1) is 12.9. The van der Waals surface area contributed by atoms with Gasteiger partial charge >= 0.3 is 0 Å². The minimum atomic E-state index is -1.02. The Kier molecular flexibility index (Phi) is 4.34. The fourth-order valence-corrected chi connectivity index (χ4v) is 3.42. The minimum absolute atomic E-state index is 0.247. The van der Waals surface area contributed by atoms with Gasteiger partial charge in [0, 0.05) is 21.7 Å². The molecule has 1 fully saturated rings. The van der Waals surface area contributed by atoms with Crippen LogP contribution in [0.4, 0.5) is 5.69 Å². The van der Waals surface area contributed by atoms with Crippen LogP contribution in [0.15, 0.2) is 42.0 Å². The first-order valence-corrected chi connectivity index (χ1v) is 8.82. The van der Waals surface area contributed by atoms with Crippen LogP contribution in [0.1, 0.15) is 11.1 Å². The van der Waals surface area contributed by atoms with Crippen LogP contribution in [0.2, 0.25) is 10.0 Å². The molecule has 1 saturated heterocycles. The normalized spacial score (nSPS) is 18.8. The number of aryl methyl sites for hydroxylation is 1. The monoisotopic (exact) mass is 404 g/mol. The van der Waals surface area contributed by atoms with Gasteiger partial charge in [-0.05, 0) is 30.7 Å². The van der Waals surface area contributed by atoms with E-state index in [0.717, 1.165) is 10.5 Å². The lowest BCUT2D eigenvalue weighted by Gasteiger charge is -2.19. The maximum Gasteiger partial charge on any atom is 0.270 e. The summed E-state index contributed by atoms with van der Waals surface area (Å²) in [5.74, 6) is -0.639. The van der Waals surface area contributed by atoms with Gasteiger partial charge < -0.3 is 4.74 Å². The predicted octanol–water partition coefficient (Wildman–Crippen LogP) is 3.50. The number of halogens is 2. The molecule has 6 nitrogen and oxygen atoms in total. The van der Waals surface area contributed by atoms with E-state index >= 15 is 0 Å². The highest BCUT2D eigenvalue weighted by Crippen LogP contribution is 2.41. The summed E-state index contributed by atoms with van der Waals surface area (Å²) in [6.07, 6.45) is -1.02. The number of nitrogens with one attached hydrogen (secondary N) is 1. The van der Waals surface area contributed by atoms with Gasteiger partial charge in [0.2, 0.25) is 0 Å². The smallest absolute Gasteiger partial charge is 0.270 e. The van der Waals surface area contributed by atoms with Crippen molar-refractivity contribution in [3.05, 3.63) is 63.1 Å². The van der Waals surface area contributed by atoms with E-state index in [1.54, 1.807) is 43.3 Å². The Labute approximate surface area is 165 Å². The number of imide groups is 1. The molecule has 8 heteroatoms. The number of ether oxygens (including phenoxy) is 1. The third-order valence-electron chi connectivity index (χ3n) is 4.52. The molecular weight excluding hydrogens is 391 g/mol. The van der Waals surface area contributed by atoms with Gasteiger partial charge in [0.1, 0.15) is 5.75 Å². The summed E-state index contributed by atoms with van der Waals surface area (Å²) in [7, 11) is 1.45. The van der Waals surface area contributed by atoms with E-state index < -0.39 is 17.9 Å². The molecule has 2 aliphatic heterocycles. The van der Waals surface area contributed by atoms with E-state index in [0.29, 0.717) is 32.7 Å². The zero-order valence-electron chi connectivity index (χ0n) is 14.4. The zero-order chi connectivity index (χ0) is 19.3. The molecule has 2 aromatic rings. The van der Waals surface area contributed by atoms with E-state index in [9.17, 15) is 9.59 Å². The number of benzene rings is 2. The number of carbonyl (C=O) groups is 2. The highest BCUT2D eigenvalue weighted by atomic mass is 35.5. The fraction of sp³-hybridized carbons (Fsp3) is 0.158. The van der Waals surface area contributed by atoms with E-state index in [4.69, 9.17) is 32.8 Å². The molecule has 2 heterocycles. The van der Waals surface area contributed by atoms with Crippen LogP contribution in [0, 0.1) is 6.92 Å². The van der Waals surface area contributed by atoms with Crippen LogP contribution in [-0.4, -0.2) is 25.0 Å². The van der Waals surface area contributed by atoms with Crippen LogP contribution in [0.25, 0.3) is 5.70 Å². The molecule has 138 valence electrons. The van der Waals surface area contributed by atoms with Crippen LogP contribution in [0.3, 0.4) is 0 Å². The highest BCUT2D eigenvalue weighted by molar-refractivity contribution is 6.34. The first kappa shape index (κ1) is 17.9. The van der Waals surface area contributed by atoms with Crippen LogP contribution in [0.5, 0.6) is 5.75 Å². The maximum atomic E-state index is 13.1. The second kappa shape index (κ2) is 6.56. The number of hydrogen-bond donors (Lipinski definition) is 1. The van der Waals surface area contributed by atoms with Gasteiger partial charge in [-0.15, -0.1) is 0 Å². The molecule has 0 aliphatic carbocycles. The van der Waals surface area contributed by atoms with Crippen LogP contribution < -0.4 is 15.1 Å². The van der Waals surface area contributed by atoms with Crippen LogP contribution in [-0.2, 0) is 14.4 Å². The van der Waals surface area contributed by atoms with Gasteiger partial charge in [-0.25, -0.2) is 4.90 Å². The van der Waals surface area contributed by atoms with Crippen molar-refractivity contribution >= 4 is 46.4 Å². The molecule has 2 aromatic carbocycles. The number of hydrogen-bond acceptors (Lipinski definition) is 5. The number of amides is 2. The predicted molar refractivity (Wildman–Crippen MR) is 102 cm³/mol. The molecule has 2 amide bonds. The number of methoxy groups -OCH3 is 1. The summed E-state index contributed by atoms with van der Waals surface area (Å²) >= 11 is 12.1. The lowest BCUT2D eigenvalue weighted by molar-refractivity contribution is -0.127. The van der Waals surface area contributed by atoms with Gasteiger partial charge in [-0.3, -0.25) is 19.9 Å². The Morgan fingerprint density at radius 3 is 2.52 bits per heavy atom. The standard InChI is InChI=1S/C19H14Cl2N2O4/c1-9-7-13(14(26-2)8-12(9)21)23-18(24)15-16(22-27-17(15)19(23)25)10-3-5-11(20)6-4-10/h3-8,17,22H,1-2H3/t17-/m0/s1. The van der Waals surface area contributed by atoms with Gasteiger partial charge in [0.25, 0.3) is 11.8 Å². The van der Waals surface area contributed by atoms with E-state index in [-0.39, 0.29) is 5.57 Å². The van der Waals surface area contributed by atoms with Gasteiger partial charge in [-0.1, -0.05) is 35.3 Å². The molecular formula is C19H14Cl2N2O4. The van der Waals surface area contributed by atoms with Crippen molar-refractivity contribution in [1.82, 2.24) is 5.48 Å². The third-order valence-corrected chi connectivity index (χ3v) is 5.18. The minimum Gasteiger partial charge on any atom is -0.494 e. The number of anilines is 1. The van der Waals surface area contributed by atoms with Crippen molar-refractivity contribution in [1.29, 1.82) is 0 Å². The lowest BCUT2D eigenvalue weighted by Crippen LogP contribution is -2.34. The van der Waals surface area contributed by atoms with E-state index in [1.807, 2.05) is 0 Å². The number of fused-ring (bicyclic) bond motifs is 1. The van der Waals surface area contributed by atoms with Crippen molar-refractivity contribution in [2.75, 3.05) is 12.0 Å². The Bertz CT molecular complexity index is 1000. The maximum absolute atomic E-state index is 13.1. The summed E-state index contributed by atoms with van der Waals surface area (Å²) < 4.78 is 5.32. The van der Waals surface area contributed by atoms with Crippen molar-refractivity contribution < 1.29 is 19.2 Å². The van der Waals surface area contributed by atoms with Gasteiger partial charge in [0.15, 0.2) is 6.10 Å². The number of hydroxylamine groups is 1. The fourth-order valence-electron chi connectivity index (χ4n) is 3.14. The van der Waals surface area contributed by atoms with E-state index in [2.05, 4.69) is 5.48 Å². The molecule has 4 rings (SSSR count). The molecule has 0 bridgehead atoms. The number of nitrogens with zero attached hydrogens (tertiary/aromatic N) is 1. The van der Waals surface area contributed by atoms with Crippen molar-refractivity contribution in [2.24, 2.45) is 0 Å². The lowest BCUT2D eigenvalue weighted by atomic mass is 10.1. The van der Waals surface area contributed by atoms with Crippen molar-refractivity contribution in [2.45, 2.75) is 13.0 Å². The summed E-state index contributed by atoms with van der Waals surface area (Å²) in [5.41, 5.74) is 5.13. The van der Waals surface area contributed by atoms with E-state index in [1.165, 1.54) is 7.11 Å². The summed E-state index contributed by atoms with van der Waals surface area (Å²) in [6.45, 7) is 1.79.